The number of fused-ring (bicyclic) bond motifs is 2. The summed E-state index contributed by atoms with van der Waals surface area (Å²) in [5, 5.41) is 16.9. The molecular weight excluding hydrogens is 506 g/mol. The summed E-state index contributed by atoms with van der Waals surface area (Å²) in [6.07, 6.45) is 10.4. The number of nitrogens with two attached hydrogens (primary N) is 1. The minimum Gasteiger partial charge on any atom is -0.390 e. The van der Waals surface area contributed by atoms with Crippen LogP contribution in [0.5, 0.6) is 0 Å². The molecule has 9 nitrogen and oxygen atoms in total. The minimum atomic E-state index is -0.657. The standard InChI is InChI=1S/C31H39N5O4/c1-31(40)12-10-21(11-13-31)34-26-14-19(4-8-25(26)29(32)38)30(39)35-22-15-23-6-7-24(16-22)36(23)27-9-5-20(17-33-27)28(37)18-2-3-18/h4-5,8-9,14,17-18,21-24,34,40H,2-3,6-7,10-13,15-16H2,1H3,(H2,32,38)(H,35,39)/t21-,22?,23?,24?,31-. The fourth-order valence-electron chi connectivity index (χ4n) is 6.83. The Morgan fingerprint density at radius 2 is 1.62 bits per heavy atom. The van der Waals surface area contributed by atoms with Crippen molar-refractivity contribution in [3.63, 3.8) is 0 Å². The summed E-state index contributed by atoms with van der Waals surface area (Å²) in [6, 6.07) is 9.61. The van der Waals surface area contributed by atoms with E-state index in [1.54, 1.807) is 24.4 Å². The van der Waals surface area contributed by atoms with Crippen molar-refractivity contribution in [2.75, 3.05) is 10.2 Å². The Hall–Kier alpha value is -3.46. The van der Waals surface area contributed by atoms with Gasteiger partial charge >= 0.3 is 0 Å². The van der Waals surface area contributed by atoms with E-state index in [9.17, 15) is 19.5 Å². The van der Waals surface area contributed by atoms with Gasteiger partial charge in [0, 0.05) is 53.1 Å². The summed E-state index contributed by atoms with van der Waals surface area (Å²) in [7, 11) is 0. The van der Waals surface area contributed by atoms with Gasteiger partial charge in [-0.2, -0.15) is 0 Å². The Labute approximate surface area is 234 Å². The molecule has 6 rings (SSSR count). The van der Waals surface area contributed by atoms with Gasteiger partial charge in [-0.25, -0.2) is 4.98 Å². The van der Waals surface area contributed by atoms with E-state index in [0.717, 1.165) is 57.2 Å². The first-order valence-electron chi connectivity index (χ1n) is 14.7. The second kappa shape index (κ2) is 10.5. The molecule has 4 fully saturated rings. The average Bonchev–Trinajstić information content (AvgIpc) is 3.74. The van der Waals surface area contributed by atoms with Gasteiger partial charge in [-0.05, 0) is 101 Å². The second-order valence-corrected chi connectivity index (χ2v) is 12.5. The number of pyridine rings is 1. The van der Waals surface area contributed by atoms with Crippen LogP contribution in [0.25, 0.3) is 0 Å². The minimum absolute atomic E-state index is 0.0461. The highest BCUT2D eigenvalue weighted by molar-refractivity contribution is 6.02. The third-order valence-electron chi connectivity index (χ3n) is 9.28. The van der Waals surface area contributed by atoms with Crippen molar-refractivity contribution in [1.82, 2.24) is 10.3 Å². The van der Waals surface area contributed by atoms with E-state index in [4.69, 9.17) is 5.73 Å². The van der Waals surface area contributed by atoms with Crippen molar-refractivity contribution in [1.29, 1.82) is 0 Å². The molecule has 1 aromatic carbocycles. The van der Waals surface area contributed by atoms with Gasteiger partial charge in [0.1, 0.15) is 5.82 Å². The van der Waals surface area contributed by atoms with Crippen LogP contribution in [-0.2, 0) is 0 Å². The Morgan fingerprint density at radius 3 is 2.23 bits per heavy atom. The first kappa shape index (κ1) is 26.7. The molecule has 2 aliphatic heterocycles. The predicted molar refractivity (Wildman–Crippen MR) is 153 cm³/mol. The predicted octanol–water partition coefficient (Wildman–Crippen LogP) is 3.81. The second-order valence-electron chi connectivity index (χ2n) is 12.5. The van der Waals surface area contributed by atoms with Crippen LogP contribution in [0.1, 0.15) is 102 Å². The largest absolute Gasteiger partial charge is 0.390 e. The fraction of sp³-hybridized carbons (Fsp3) is 0.548. The number of piperidine rings is 1. The number of primary amides is 1. The Kier molecular flexibility index (Phi) is 7.02. The number of hydrogen-bond donors (Lipinski definition) is 4. The van der Waals surface area contributed by atoms with Crippen LogP contribution in [0.4, 0.5) is 11.5 Å². The number of rotatable bonds is 8. The molecule has 2 saturated heterocycles. The third-order valence-corrected chi connectivity index (χ3v) is 9.28. The number of amides is 2. The molecule has 2 amide bonds. The fourth-order valence-corrected chi connectivity index (χ4v) is 6.83. The SMILES string of the molecule is C[C@]1(O)CC[C@H](Nc2cc(C(=O)NC3CC4CCC(C3)N4c3ccc(C(=O)C4CC4)cn3)ccc2C(N)=O)CC1. The number of ketones is 1. The Bertz CT molecular complexity index is 1280. The van der Waals surface area contributed by atoms with Crippen molar-refractivity contribution in [2.24, 2.45) is 11.7 Å². The highest BCUT2D eigenvalue weighted by Crippen LogP contribution is 2.39. The number of hydrogen-bond acceptors (Lipinski definition) is 7. The molecule has 2 aliphatic carbocycles. The molecule has 40 heavy (non-hydrogen) atoms. The lowest BCUT2D eigenvalue weighted by molar-refractivity contribution is 0.0196. The van der Waals surface area contributed by atoms with E-state index >= 15 is 0 Å². The highest BCUT2D eigenvalue weighted by atomic mass is 16.3. The van der Waals surface area contributed by atoms with Gasteiger partial charge < -0.3 is 26.4 Å². The maximum atomic E-state index is 13.3. The van der Waals surface area contributed by atoms with Crippen LogP contribution in [-0.4, -0.2) is 57.5 Å². The van der Waals surface area contributed by atoms with E-state index in [0.29, 0.717) is 47.3 Å². The summed E-state index contributed by atoms with van der Waals surface area (Å²) in [5.74, 6) is 0.598. The molecule has 0 radical (unpaired) electrons. The highest BCUT2D eigenvalue weighted by Gasteiger charge is 2.42. The van der Waals surface area contributed by atoms with Crippen LogP contribution >= 0.6 is 0 Å². The normalized spacial score (nSPS) is 29.6. The molecule has 2 aromatic rings. The monoisotopic (exact) mass is 545 g/mol. The molecule has 3 heterocycles. The molecule has 2 bridgehead atoms. The lowest BCUT2D eigenvalue weighted by Gasteiger charge is -2.40. The first-order valence-corrected chi connectivity index (χ1v) is 14.7. The van der Waals surface area contributed by atoms with E-state index in [1.165, 1.54) is 0 Å². The summed E-state index contributed by atoms with van der Waals surface area (Å²) < 4.78 is 0. The summed E-state index contributed by atoms with van der Waals surface area (Å²) in [5.41, 5.74) is 7.09. The summed E-state index contributed by atoms with van der Waals surface area (Å²) >= 11 is 0. The number of carbonyl (C=O) groups is 3. The zero-order chi connectivity index (χ0) is 28.0. The number of anilines is 2. The zero-order valence-corrected chi connectivity index (χ0v) is 23.1. The third kappa shape index (κ3) is 5.57. The average molecular weight is 546 g/mol. The molecule has 4 aliphatic rings. The van der Waals surface area contributed by atoms with Crippen molar-refractivity contribution >= 4 is 29.1 Å². The van der Waals surface area contributed by atoms with Gasteiger partial charge in [0.05, 0.1) is 11.2 Å². The number of aromatic nitrogens is 1. The first-order chi connectivity index (χ1) is 19.2. The van der Waals surface area contributed by atoms with Crippen molar-refractivity contribution in [3.05, 3.63) is 53.2 Å². The molecule has 5 N–H and O–H groups in total. The molecule has 9 heteroatoms. The number of aliphatic hydroxyl groups is 1. The zero-order valence-electron chi connectivity index (χ0n) is 23.1. The summed E-state index contributed by atoms with van der Waals surface area (Å²) in [6.45, 7) is 1.85. The molecule has 1 aromatic heterocycles. The Morgan fingerprint density at radius 1 is 0.950 bits per heavy atom. The van der Waals surface area contributed by atoms with E-state index in [1.807, 2.05) is 19.1 Å². The number of nitrogens with one attached hydrogen (secondary N) is 2. The molecule has 2 atom stereocenters. The van der Waals surface area contributed by atoms with Crippen molar-refractivity contribution in [2.45, 2.75) is 101 Å². The maximum absolute atomic E-state index is 13.3. The van der Waals surface area contributed by atoms with Crippen LogP contribution < -0.4 is 21.3 Å². The molecule has 2 unspecified atom stereocenters. The van der Waals surface area contributed by atoms with Gasteiger partial charge in [0.2, 0.25) is 0 Å². The lowest BCUT2D eigenvalue weighted by Crippen LogP contribution is -2.50. The number of benzene rings is 1. The topological polar surface area (TPSA) is 138 Å². The van der Waals surface area contributed by atoms with Gasteiger partial charge in [0.25, 0.3) is 11.8 Å². The van der Waals surface area contributed by atoms with Crippen LogP contribution in [0.15, 0.2) is 36.5 Å². The molecular formula is C31H39N5O4. The number of nitrogens with zero attached hydrogens (tertiary/aromatic N) is 2. The quantitative estimate of drug-likeness (QED) is 0.370. The Balaban J connectivity index is 1.10. The van der Waals surface area contributed by atoms with Crippen LogP contribution in [0.3, 0.4) is 0 Å². The molecule has 2 saturated carbocycles. The molecule has 212 valence electrons. The number of carbonyl (C=O) groups excluding carboxylic acids is 3. The smallest absolute Gasteiger partial charge is 0.251 e. The van der Waals surface area contributed by atoms with Gasteiger partial charge in [-0.15, -0.1) is 0 Å². The van der Waals surface area contributed by atoms with Crippen LogP contribution in [0.2, 0.25) is 0 Å². The van der Waals surface area contributed by atoms with Crippen LogP contribution in [0, 0.1) is 5.92 Å². The summed E-state index contributed by atoms with van der Waals surface area (Å²) in [4.78, 5) is 44.8. The number of Topliss-reactive ketones (excluding diaryl/α,β-unsaturated/α-hetero) is 1. The van der Waals surface area contributed by atoms with Crippen molar-refractivity contribution < 1.29 is 19.5 Å². The van der Waals surface area contributed by atoms with Gasteiger partial charge in [0.15, 0.2) is 5.78 Å². The van der Waals surface area contributed by atoms with Crippen molar-refractivity contribution in [3.8, 4) is 0 Å². The van der Waals surface area contributed by atoms with E-state index in [-0.39, 0.29) is 29.7 Å². The van der Waals surface area contributed by atoms with Gasteiger partial charge in [-0.3, -0.25) is 14.4 Å². The lowest BCUT2D eigenvalue weighted by atomic mass is 9.83. The maximum Gasteiger partial charge on any atom is 0.251 e. The molecule has 0 spiro atoms. The van der Waals surface area contributed by atoms with E-state index < -0.39 is 11.5 Å². The van der Waals surface area contributed by atoms with Gasteiger partial charge in [-0.1, -0.05) is 0 Å². The van der Waals surface area contributed by atoms with E-state index in [2.05, 4.69) is 20.5 Å².